The Morgan fingerprint density at radius 1 is 0.895 bits per heavy atom. The number of hydrogen-bond acceptors (Lipinski definition) is 2. The van der Waals surface area contributed by atoms with Gasteiger partial charge in [0, 0.05) is 17.0 Å². The number of amides is 1. The molecule has 38 heavy (non-hydrogen) atoms. The third-order valence-electron chi connectivity index (χ3n) is 7.68. The van der Waals surface area contributed by atoms with Gasteiger partial charge < -0.3 is 4.90 Å². The molecule has 1 heterocycles. The monoisotopic (exact) mass is 499 g/mol. The Hall–Kier alpha value is -4.18. The topological polar surface area (TPSA) is 38.1 Å². The highest BCUT2D eigenvalue weighted by atomic mass is 16.2. The molecule has 1 fully saturated rings. The fraction of sp³-hybridized carbons (Fsp3) is 0.235. The van der Waals surface area contributed by atoms with Crippen LogP contribution in [-0.4, -0.2) is 15.7 Å². The normalized spacial score (nSPS) is 16.6. The van der Waals surface area contributed by atoms with E-state index in [0.717, 1.165) is 35.1 Å². The lowest BCUT2D eigenvalue weighted by Gasteiger charge is -2.27. The van der Waals surface area contributed by atoms with Gasteiger partial charge in [0.15, 0.2) is 0 Å². The van der Waals surface area contributed by atoms with Crippen molar-refractivity contribution in [3.05, 3.63) is 132 Å². The molecular formula is C34H33N3O. The molecule has 0 saturated heterocycles. The van der Waals surface area contributed by atoms with E-state index in [1.54, 1.807) is 0 Å². The summed E-state index contributed by atoms with van der Waals surface area (Å²) in [5, 5.41) is 5.78. The number of fused-ring (bicyclic) bond motifs is 1. The Balaban J connectivity index is 1.28. The molecular weight excluding hydrogens is 466 g/mol. The second kappa shape index (κ2) is 10.3. The third-order valence-corrected chi connectivity index (χ3v) is 7.68. The fourth-order valence-corrected chi connectivity index (χ4v) is 5.51. The van der Waals surface area contributed by atoms with E-state index in [4.69, 9.17) is 0 Å². The maximum atomic E-state index is 14.1. The van der Waals surface area contributed by atoms with Crippen LogP contribution in [0.5, 0.6) is 0 Å². The van der Waals surface area contributed by atoms with Crippen molar-refractivity contribution < 1.29 is 4.79 Å². The second-order valence-corrected chi connectivity index (χ2v) is 10.7. The van der Waals surface area contributed by atoms with Gasteiger partial charge in [-0.25, -0.2) is 0 Å². The summed E-state index contributed by atoms with van der Waals surface area (Å²) in [6.07, 6.45) is 2.81. The number of para-hydroxylation sites is 1. The minimum atomic E-state index is -0.0122. The second-order valence-electron chi connectivity index (χ2n) is 10.7. The molecule has 1 amide bonds. The van der Waals surface area contributed by atoms with Crippen molar-refractivity contribution in [1.29, 1.82) is 0 Å². The molecule has 1 aromatic heterocycles. The highest BCUT2D eigenvalue weighted by molar-refractivity contribution is 5.98. The maximum absolute atomic E-state index is 14.1. The first kappa shape index (κ1) is 24.2. The van der Waals surface area contributed by atoms with E-state index in [0.29, 0.717) is 12.5 Å². The highest BCUT2D eigenvalue weighted by Crippen LogP contribution is 2.50. The molecule has 0 bridgehead atoms. The zero-order chi connectivity index (χ0) is 26.1. The average Bonchev–Trinajstić information content (AvgIpc) is 3.67. The van der Waals surface area contributed by atoms with E-state index in [9.17, 15) is 4.79 Å². The minimum Gasteiger partial charge on any atom is -0.307 e. The van der Waals surface area contributed by atoms with E-state index in [1.165, 1.54) is 16.7 Å². The van der Waals surface area contributed by atoms with Crippen molar-refractivity contribution in [1.82, 2.24) is 9.78 Å². The number of nitrogens with zero attached hydrogens (tertiary/aromatic N) is 3. The number of anilines is 1. The molecule has 190 valence electrons. The van der Waals surface area contributed by atoms with Crippen LogP contribution in [0.25, 0.3) is 10.9 Å². The molecule has 0 N–H and O–H groups in total. The first-order chi connectivity index (χ1) is 18.6. The number of aromatic nitrogens is 2. The zero-order valence-electron chi connectivity index (χ0n) is 22.0. The molecule has 4 heteroatoms. The van der Waals surface area contributed by atoms with Gasteiger partial charge in [0.05, 0.1) is 24.8 Å². The Kier molecular flexibility index (Phi) is 6.55. The van der Waals surface area contributed by atoms with Gasteiger partial charge in [-0.2, -0.15) is 5.10 Å². The molecule has 0 aliphatic heterocycles. The lowest BCUT2D eigenvalue weighted by atomic mass is 9.99. The van der Waals surface area contributed by atoms with Crippen molar-refractivity contribution >= 4 is 22.5 Å². The molecule has 0 radical (unpaired) electrons. The van der Waals surface area contributed by atoms with Crippen LogP contribution in [-0.2, 0) is 17.9 Å². The quantitative estimate of drug-likeness (QED) is 0.221. The molecule has 5 aromatic rings. The molecule has 1 saturated carbocycles. The molecule has 4 nitrogen and oxygen atoms in total. The number of benzene rings is 4. The Morgan fingerprint density at radius 2 is 1.58 bits per heavy atom. The number of rotatable bonds is 8. The van der Waals surface area contributed by atoms with Crippen molar-refractivity contribution in [3.63, 3.8) is 0 Å². The molecule has 0 unspecified atom stereocenters. The summed E-state index contributed by atoms with van der Waals surface area (Å²) in [7, 11) is 0. The summed E-state index contributed by atoms with van der Waals surface area (Å²) in [5.41, 5.74) is 6.95. The standard InChI is InChI=1S/C34H33N3O/c1-24(2)29-15-9-10-16-32(29)36(22-25-11-5-3-6-12-25)34(38)31-20-30(31)27-17-18-28-21-35-37(33(28)19-27)23-26-13-7-4-8-14-26/h3-19,21,24,30-31H,20,22-23H2,1-2H3/t30-,31+/m0/s1. The first-order valence-corrected chi connectivity index (χ1v) is 13.5. The fourth-order valence-electron chi connectivity index (χ4n) is 5.51. The SMILES string of the molecule is CC(C)c1ccccc1N(Cc1ccccc1)C(=O)[C@@H]1C[C@H]1c1ccc2cnn(Cc3ccccc3)c2c1. The van der Waals surface area contributed by atoms with Crippen molar-refractivity contribution in [3.8, 4) is 0 Å². The summed E-state index contributed by atoms with van der Waals surface area (Å²) in [5.74, 6) is 0.766. The van der Waals surface area contributed by atoms with Crippen molar-refractivity contribution in [2.45, 2.75) is 45.2 Å². The van der Waals surface area contributed by atoms with Crippen LogP contribution in [0.1, 0.15) is 54.4 Å². The Labute approximate surface area is 224 Å². The van der Waals surface area contributed by atoms with E-state index in [2.05, 4.69) is 96.4 Å². The van der Waals surface area contributed by atoms with Crippen LogP contribution in [0.4, 0.5) is 5.69 Å². The number of carbonyl (C=O) groups excluding carboxylic acids is 1. The van der Waals surface area contributed by atoms with Crippen LogP contribution < -0.4 is 4.90 Å². The molecule has 0 spiro atoms. The van der Waals surface area contributed by atoms with Gasteiger partial charge in [0.25, 0.3) is 0 Å². The van der Waals surface area contributed by atoms with Crippen LogP contribution >= 0.6 is 0 Å². The first-order valence-electron chi connectivity index (χ1n) is 13.5. The van der Waals surface area contributed by atoms with Gasteiger partial charge in [0.2, 0.25) is 5.91 Å². The van der Waals surface area contributed by atoms with E-state index < -0.39 is 0 Å². The lowest BCUT2D eigenvalue weighted by Crippen LogP contribution is -2.33. The van der Waals surface area contributed by atoms with Gasteiger partial charge in [-0.15, -0.1) is 0 Å². The van der Waals surface area contributed by atoms with Gasteiger partial charge in [-0.05, 0) is 52.6 Å². The average molecular weight is 500 g/mol. The highest BCUT2D eigenvalue weighted by Gasteiger charge is 2.46. The van der Waals surface area contributed by atoms with Crippen LogP contribution in [0.3, 0.4) is 0 Å². The predicted molar refractivity (Wildman–Crippen MR) is 154 cm³/mol. The van der Waals surface area contributed by atoms with Gasteiger partial charge in [0.1, 0.15) is 0 Å². The third kappa shape index (κ3) is 4.87. The Morgan fingerprint density at radius 3 is 2.32 bits per heavy atom. The summed E-state index contributed by atoms with van der Waals surface area (Å²) < 4.78 is 2.06. The molecule has 1 aliphatic rings. The summed E-state index contributed by atoms with van der Waals surface area (Å²) >= 11 is 0. The summed E-state index contributed by atoms with van der Waals surface area (Å²) in [4.78, 5) is 16.1. The Bertz CT molecular complexity index is 1560. The molecule has 1 aliphatic carbocycles. The summed E-state index contributed by atoms with van der Waals surface area (Å²) in [6.45, 7) is 5.70. The van der Waals surface area contributed by atoms with Crippen LogP contribution in [0.15, 0.2) is 109 Å². The number of carbonyl (C=O) groups is 1. The van der Waals surface area contributed by atoms with E-state index in [1.807, 2.05) is 41.4 Å². The van der Waals surface area contributed by atoms with Crippen LogP contribution in [0.2, 0.25) is 0 Å². The molecule has 6 rings (SSSR count). The predicted octanol–water partition coefficient (Wildman–Crippen LogP) is 7.54. The minimum absolute atomic E-state index is 0.0122. The van der Waals surface area contributed by atoms with Crippen molar-refractivity contribution in [2.75, 3.05) is 4.90 Å². The maximum Gasteiger partial charge on any atom is 0.231 e. The lowest BCUT2D eigenvalue weighted by molar-refractivity contribution is -0.120. The van der Waals surface area contributed by atoms with Crippen LogP contribution in [0, 0.1) is 5.92 Å². The van der Waals surface area contributed by atoms with E-state index >= 15 is 0 Å². The zero-order valence-corrected chi connectivity index (χ0v) is 22.0. The summed E-state index contributed by atoms with van der Waals surface area (Å²) in [6, 6.07) is 35.6. The van der Waals surface area contributed by atoms with E-state index in [-0.39, 0.29) is 17.7 Å². The van der Waals surface area contributed by atoms with Crippen molar-refractivity contribution in [2.24, 2.45) is 5.92 Å². The molecule has 2 atom stereocenters. The number of hydrogen-bond donors (Lipinski definition) is 0. The molecule has 4 aromatic carbocycles. The van der Waals surface area contributed by atoms with Gasteiger partial charge >= 0.3 is 0 Å². The van der Waals surface area contributed by atoms with Gasteiger partial charge in [-0.1, -0.05) is 105 Å². The van der Waals surface area contributed by atoms with Gasteiger partial charge in [-0.3, -0.25) is 9.48 Å². The largest absolute Gasteiger partial charge is 0.307 e. The smallest absolute Gasteiger partial charge is 0.231 e.